The minimum absolute atomic E-state index is 0.0479. The number of ether oxygens (including phenoxy) is 1. The highest BCUT2D eigenvalue weighted by Gasteiger charge is 2.62. The molecule has 0 aromatic heterocycles. The molecule has 4 nitrogen and oxygen atoms in total. The van der Waals surface area contributed by atoms with Gasteiger partial charge >= 0.3 is 0 Å². The summed E-state index contributed by atoms with van der Waals surface area (Å²) in [6.45, 7) is 6.01. The molecule has 2 amide bonds. The average molecular weight is 285 g/mol. The van der Waals surface area contributed by atoms with Gasteiger partial charge in [0.05, 0.1) is 29.7 Å². The second-order valence-electron chi connectivity index (χ2n) is 6.58. The van der Waals surface area contributed by atoms with Gasteiger partial charge in [-0.3, -0.25) is 9.59 Å². The Hall–Kier alpha value is -1.68. The number of nitrogens with zero attached hydrogens (tertiary/aromatic N) is 1. The number of carbonyl (C=O) groups is 2. The van der Waals surface area contributed by atoms with Crippen LogP contribution in [0, 0.1) is 32.6 Å². The van der Waals surface area contributed by atoms with Gasteiger partial charge < -0.3 is 4.74 Å². The number of aryl methyl sites for hydroxylation is 3. The summed E-state index contributed by atoms with van der Waals surface area (Å²) in [5, 5.41) is 0. The van der Waals surface area contributed by atoms with Crippen LogP contribution in [0.15, 0.2) is 12.1 Å². The molecule has 4 rings (SSSR count). The Labute approximate surface area is 124 Å². The van der Waals surface area contributed by atoms with Gasteiger partial charge in [0, 0.05) is 0 Å². The first-order valence-electron chi connectivity index (χ1n) is 7.60. The molecule has 0 spiro atoms. The Morgan fingerprint density at radius 1 is 0.905 bits per heavy atom. The number of benzene rings is 1. The standard InChI is InChI=1S/C17H19NO3/c1-8-6-10(3)11(7-9(8)2)18-16(19)14-12-4-5-13(21-12)15(14)17(18)20/h6-7,12-15H,4-5H2,1-3H3/t12-,13+,14-,15+. The molecule has 2 bridgehead atoms. The van der Waals surface area contributed by atoms with Crippen molar-refractivity contribution in [3.8, 4) is 0 Å². The molecular weight excluding hydrogens is 266 g/mol. The number of carbonyl (C=O) groups excluding carboxylic acids is 2. The van der Waals surface area contributed by atoms with E-state index in [1.54, 1.807) is 0 Å². The van der Waals surface area contributed by atoms with Crippen molar-refractivity contribution < 1.29 is 14.3 Å². The average Bonchev–Trinajstić information content (AvgIpc) is 3.09. The summed E-state index contributed by atoms with van der Waals surface area (Å²) < 4.78 is 5.77. The first kappa shape index (κ1) is 13.0. The van der Waals surface area contributed by atoms with E-state index in [1.165, 1.54) is 10.5 Å². The minimum Gasteiger partial charge on any atom is -0.373 e. The largest absolute Gasteiger partial charge is 0.373 e. The van der Waals surface area contributed by atoms with Crippen molar-refractivity contribution in [1.29, 1.82) is 0 Å². The molecule has 3 saturated heterocycles. The molecule has 1 aromatic carbocycles. The Morgan fingerprint density at radius 2 is 1.43 bits per heavy atom. The third kappa shape index (κ3) is 1.59. The van der Waals surface area contributed by atoms with Crippen molar-refractivity contribution in [2.75, 3.05) is 4.90 Å². The van der Waals surface area contributed by atoms with E-state index in [0.717, 1.165) is 29.7 Å². The zero-order valence-corrected chi connectivity index (χ0v) is 12.6. The van der Waals surface area contributed by atoms with Gasteiger partial charge in [-0.25, -0.2) is 4.90 Å². The summed E-state index contributed by atoms with van der Waals surface area (Å²) in [5.74, 6) is -0.637. The highest BCUT2D eigenvalue weighted by Crippen LogP contribution is 2.49. The molecule has 110 valence electrons. The van der Waals surface area contributed by atoms with Crippen LogP contribution >= 0.6 is 0 Å². The van der Waals surface area contributed by atoms with E-state index in [2.05, 4.69) is 0 Å². The molecule has 0 unspecified atom stereocenters. The first-order valence-corrected chi connectivity index (χ1v) is 7.60. The maximum atomic E-state index is 12.8. The summed E-state index contributed by atoms with van der Waals surface area (Å²) in [6, 6.07) is 4.01. The normalized spacial score (nSPS) is 34.0. The number of hydrogen-bond acceptors (Lipinski definition) is 3. The summed E-state index contributed by atoms with van der Waals surface area (Å²) in [5.41, 5.74) is 4.02. The Balaban J connectivity index is 1.79. The van der Waals surface area contributed by atoms with E-state index in [9.17, 15) is 9.59 Å². The minimum atomic E-state index is -0.253. The maximum Gasteiger partial charge on any atom is 0.240 e. The van der Waals surface area contributed by atoms with E-state index in [0.29, 0.717) is 0 Å². The van der Waals surface area contributed by atoms with Crippen molar-refractivity contribution in [1.82, 2.24) is 0 Å². The van der Waals surface area contributed by atoms with Gasteiger partial charge in [-0.15, -0.1) is 0 Å². The number of fused-ring (bicyclic) bond motifs is 5. The summed E-state index contributed by atoms with van der Waals surface area (Å²) >= 11 is 0. The van der Waals surface area contributed by atoms with Crippen LogP contribution in [0.2, 0.25) is 0 Å². The highest BCUT2D eigenvalue weighted by molar-refractivity contribution is 6.23. The number of amides is 2. The number of anilines is 1. The van der Waals surface area contributed by atoms with Crippen molar-refractivity contribution in [3.63, 3.8) is 0 Å². The van der Waals surface area contributed by atoms with Crippen LogP contribution in [0.1, 0.15) is 29.5 Å². The molecule has 3 aliphatic heterocycles. The van der Waals surface area contributed by atoms with Crippen molar-refractivity contribution in [2.45, 2.75) is 45.8 Å². The van der Waals surface area contributed by atoms with Crippen LogP contribution in [-0.2, 0) is 14.3 Å². The molecule has 3 heterocycles. The topological polar surface area (TPSA) is 46.6 Å². The van der Waals surface area contributed by atoms with E-state index < -0.39 is 0 Å². The van der Waals surface area contributed by atoms with Crippen LogP contribution < -0.4 is 4.90 Å². The van der Waals surface area contributed by atoms with E-state index in [-0.39, 0.29) is 35.9 Å². The van der Waals surface area contributed by atoms with Gasteiger partial charge in [-0.2, -0.15) is 0 Å². The van der Waals surface area contributed by atoms with E-state index in [4.69, 9.17) is 4.74 Å². The maximum absolute atomic E-state index is 12.8. The van der Waals surface area contributed by atoms with Crippen molar-refractivity contribution in [3.05, 3.63) is 28.8 Å². The summed E-state index contributed by atoms with van der Waals surface area (Å²) in [7, 11) is 0. The summed E-state index contributed by atoms with van der Waals surface area (Å²) in [4.78, 5) is 26.9. The fraction of sp³-hybridized carbons (Fsp3) is 0.529. The molecule has 3 aliphatic rings. The molecule has 4 atom stereocenters. The van der Waals surface area contributed by atoms with Gasteiger partial charge in [0.1, 0.15) is 0 Å². The lowest BCUT2D eigenvalue weighted by Crippen LogP contribution is -2.34. The lowest BCUT2D eigenvalue weighted by molar-refractivity contribution is -0.124. The van der Waals surface area contributed by atoms with E-state index >= 15 is 0 Å². The van der Waals surface area contributed by atoms with Gasteiger partial charge in [0.15, 0.2) is 0 Å². The highest BCUT2D eigenvalue weighted by atomic mass is 16.5. The number of rotatable bonds is 1. The summed E-state index contributed by atoms with van der Waals surface area (Å²) in [6.07, 6.45) is 1.72. The number of hydrogen-bond donors (Lipinski definition) is 0. The SMILES string of the molecule is Cc1cc(C)c(N2C(=O)[C@@H]3[C@H](C2=O)[C@H]2CC[C@@H]3O2)cc1C. The first-order chi connectivity index (χ1) is 9.99. The lowest BCUT2D eigenvalue weighted by atomic mass is 9.81. The van der Waals surface area contributed by atoms with Gasteiger partial charge in [0.25, 0.3) is 0 Å². The fourth-order valence-electron chi connectivity index (χ4n) is 4.14. The molecule has 1 aromatic rings. The molecule has 21 heavy (non-hydrogen) atoms. The van der Waals surface area contributed by atoms with Crippen LogP contribution in [0.4, 0.5) is 5.69 Å². The Bertz CT molecular complexity index is 638. The Morgan fingerprint density at radius 3 is 2.00 bits per heavy atom. The second kappa shape index (κ2) is 4.17. The number of imide groups is 1. The van der Waals surface area contributed by atoms with Crippen LogP contribution in [0.3, 0.4) is 0 Å². The molecule has 0 saturated carbocycles. The third-order valence-electron chi connectivity index (χ3n) is 5.34. The molecule has 0 N–H and O–H groups in total. The molecular formula is C17H19NO3. The van der Waals surface area contributed by atoms with Crippen LogP contribution in [-0.4, -0.2) is 24.0 Å². The van der Waals surface area contributed by atoms with E-state index in [1.807, 2.05) is 32.9 Å². The zero-order valence-electron chi connectivity index (χ0n) is 12.6. The van der Waals surface area contributed by atoms with Gasteiger partial charge in [-0.05, 0) is 56.4 Å². The smallest absolute Gasteiger partial charge is 0.240 e. The lowest BCUT2D eigenvalue weighted by Gasteiger charge is -2.20. The van der Waals surface area contributed by atoms with Crippen molar-refractivity contribution >= 4 is 17.5 Å². The van der Waals surface area contributed by atoms with Gasteiger partial charge in [-0.1, -0.05) is 6.07 Å². The predicted octanol–water partition coefficient (Wildman–Crippen LogP) is 2.28. The molecule has 3 fully saturated rings. The van der Waals surface area contributed by atoms with Gasteiger partial charge in [0.2, 0.25) is 11.8 Å². The predicted molar refractivity (Wildman–Crippen MR) is 78.0 cm³/mol. The third-order valence-corrected chi connectivity index (χ3v) is 5.34. The van der Waals surface area contributed by atoms with Crippen LogP contribution in [0.5, 0.6) is 0 Å². The molecule has 0 radical (unpaired) electrons. The molecule has 4 heteroatoms. The molecule has 0 aliphatic carbocycles. The quantitative estimate of drug-likeness (QED) is 0.744. The second-order valence-corrected chi connectivity index (χ2v) is 6.58. The monoisotopic (exact) mass is 285 g/mol. The Kier molecular flexibility index (Phi) is 2.58. The van der Waals surface area contributed by atoms with Crippen LogP contribution in [0.25, 0.3) is 0 Å². The van der Waals surface area contributed by atoms with Crippen molar-refractivity contribution in [2.24, 2.45) is 11.8 Å². The fourth-order valence-corrected chi connectivity index (χ4v) is 4.14. The zero-order chi connectivity index (χ0) is 14.9.